The topological polar surface area (TPSA) is 90.2 Å². The van der Waals surface area contributed by atoms with Crippen LogP contribution in [0.4, 0.5) is 5.69 Å². The van der Waals surface area contributed by atoms with E-state index in [-0.39, 0.29) is 29.5 Å². The van der Waals surface area contributed by atoms with Crippen molar-refractivity contribution in [3.8, 4) is 0 Å². The second kappa shape index (κ2) is 6.75. The van der Waals surface area contributed by atoms with Crippen molar-refractivity contribution in [3.05, 3.63) is 35.9 Å². The molecule has 1 aliphatic heterocycles. The standard InChI is InChI=1S/C19H23N5O3/c1-4-27-19(26)17-10-24(22-21-17)12(3)11(2)13-5-15(8-20-7-13)23-9-14-6-16(14)18(23)25/h5,7-8,10-12,14,16H,4,6,9H2,1-3H3/t11?,12?,14-,16-/m1/s1. The fourth-order valence-electron chi connectivity index (χ4n) is 3.63. The number of hydrogen-bond acceptors (Lipinski definition) is 6. The number of carbonyl (C=O) groups is 2. The third kappa shape index (κ3) is 3.20. The van der Waals surface area contributed by atoms with Crippen molar-refractivity contribution in [1.29, 1.82) is 0 Å². The van der Waals surface area contributed by atoms with E-state index in [2.05, 4.69) is 22.2 Å². The van der Waals surface area contributed by atoms with Gasteiger partial charge in [0.15, 0.2) is 5.69 Å². The Balaban J connectivity index is 1.50. The van der Waals surface area contributed by atoms with Crippen molar-refractivity contribution in [1.82, 2.24) is 20.0 Å². The van der Waals surface area contributed by atoms with Crippen molar-refractivity contribution in [3.63, 3.8) is 0 Å². The van der Waals surface area contributed by atoms with E-state index in [1.807, 2.05) is 24.1 Å². The van der Waals surface area contributed by atoms with Crippen molar-refractivity contribution < 1.29 is 14.3 Å². The van der Waals surface area contributed by atoms with E-state index >= 15 is 0 Å². The van der Waals surface area contributed by atoms with Gasteiger partial charge in [-0.05, 0) is 37.8 Å². The molecule has 0 aromatic carbocycles. The molecule has 1 amide bonds. The third-order valence-electron chi connectivity index (χ3n) is 5.64. The Hall–Kier alpha value is -2.77. The molecule has 8 heteroatoms. The molecule has 0 radical (unpaired) electrons. The van der Waals surface area contributed by atoms with Gasteiger partial charge in [0, 0.05) is 24.6 Å². The van der Waals surface area contributed by atoms with Crippen LogP contribution in [0.1, 0.15) is 55.2 Å². The van der Waals surface area contributed by atoms with Crippen LogP contribution in [-0.4, -0.2) is 45.0 Å². The molecule has 27 heavy (non-hydrogen) atoms. The quantitative estimate of drug-likeness (QED) is 0.725. The van der Waals surface area contributed by atoms with E-state index in [9.17, 15) is 9.59 Å². The maximum atomic E-state index is 12.3. The molecule has 0 bridgehead atoms. The van der Waals surface area contributed by atoms with Gasteiger partial charge in [0.2, 0.25) is 5.91 Å². The molecular weight excluding hydrogens is 346 g/mol. The number of esters is 1. The molecule has 0 N–H and O–H groups in total. The zero-order valence-electron chi connectivity index (χ0n) is 15.7. The fraction of sp³-hybridized carbons (Fsp3) is 0.526. The average Bonchev–Trinajstić information content (AvgIpc) is 3.13. The predicted octanol–water partition coefficient (Wildman–Crippen LogP) is 2.20. The lowest BCUT2D eigenvalue weighted by Gasteiger charge is -2.23. The van der Waals surface area contributed by atoms with Gasteiger partial charge in [-0.25, -0.2) is 9.48 Å². The van der Waals surface area contributed by atoms with Crippen LogP contribution in [0.2, 0.25) is 0 Å². The minimum atomic E-state index is -0.474. The first kappa shape index (κ1) is 17.6. The number of carbonyl (C=O) groups excluding carboxylic acids is 2. The molecule has 2 aliphatic rings. The summed E-state index contributed by atoms with van der Waals surface area (Å²) >= 11 is 0. The molecule has 4 atom stereocenters. The van der Waals surface area contributed by atoms with E-state index in [0.717, 1.165) is 24.2 Å². The predicted molar refractivity (Wildman–Crippen MR) is 97.3 cm³/mol. The normalized spacial score (nSPS) is 23.1. The number of pyridine rings is 1. The van der Waals surface area contributed by atoms with Crippen LogP contribution in [-0.2, 0) is 9.53 Å². The third-order valence-corrected chi connectivity index (χ3v) is 5.64. The van der Waals surface area contributed by atoms with Crippen molar-refractivity contribution in [2.24, 2.45) is 11.8 Å². The molecule has 2 aromatic heterocycles. The van der Waals surface area contributed by atoms with Gasteiger partial charge < -0.3 is 9.64 Å². The van der Waals surface area contributed by atoms with Gasteiger partial charge in [-0.3, -0.25) is 9.78 Å². The smallest absolute Gasteiger partial charge is 0.360 e. The monoisotopic (exact) mass is 369 g/mol. The second-order valence-corrected chi connectivity index (χ2v) is 7.36. The Labute approximate surface area is 157 Å². The zero-order valence-corrected chi connectivity index (χ0v) is 15.7. The highest BCUT2D eigenvalue weighted by Crippen LogP contribution is 2.47. The molecule has 142 valence electrons. The Morgan fingerprint density at radius 1 is 1.37 bits per heavy atom. The van der Waals surface area contributed by atoms with Gasteiger partial charge in [0.05, 0.1) is 30.7 Å². The Morgan fingerprint density at radius 2 is 2.19 bits per heavy atom. The Morgan fingerprint density at radius 3 is 2.89 bits per heavy atom. The largest absolute Gasteiger partial charge is 0.461 e. The van der Waals surface area contributed by atoms with Crippen LogP contribution in [0.15, 0.2) is 24.7 Å². The highest BCUT2D eigenvalue weighted by atomic mass is 16.5. The minimum absolute atomic E-state index is 0.0413. The molecular formula is C19H23N5O3. The molecule has 4 rings (SSSR count). The summed E-state index contributed by atoms with van der Waals surface area (Å²) in [4.78, 5) is 30.3. The molecule has 2 aromatic rings. The molecule has 1 aliphatic carbocycles. The van der Waals surface area contributed by atoms with E-state index < -0.39 is 5.97 Å². The number of amides is 1. The van der Waals surface area contributed by atoms with Crippen LogP contribution in [0, 0.1) is 11.8 Å². The number of hydrogen-bond donors (Lipinski definition) is 0. The van der Waals surface area contributed by atoms with Crippen LogP contribution in [0.3, 0.4) is 0 Å². The molecule has 3 heterocycles. The van der Waals surface area contributed by atoms with E-state index in [4.69, 9.17) is 4.74 Å². The first-order valence-corrected chi connectivity index (χ1v) is 9.34. The highest BCUT2D eigenvalue weighted by Gasteiger charge is 2.52. The van der Waals surface area contributed by atoms with Gasteiger partial charge in [0.25, 0.3) is 0 Å². The molecule has 8 nitrogen and oxygen atoms in total. The molecule has 2 unspecified atom stereocenters. The van der Waals surface area contributed by atoms with Gasteiger partial charge in [-0.1, -0.05) is 12.1 Å². The molecule has 2 fully saturated rings. The highest BCUT2D eigenvalue weighted by molar-refractivity contribution is 5.99. The van der Waals surface area contributed by atoms with Crippen LogP contribution >= 0.6 is 0 Å². The maximum absolute atomic E-state index is 12.3. The average molecular weight is 369 g/mol. The van der Waals surface area contributed by atoms with Crippen molar-refractivity contribution in [2.75, 3.05) is 18.1 Å². The van der Waals surface area contributed by atoms with Gasteiger partial charge in [0.1, 0.15) is 0 Å². The van der Waals surface area contributed by atoms with E-state index in [1.165, 1.54) is 0 Å². The lowest BCUT2D eigenvalue weighted by atomic mass is 9.95. The molecule has 0 spiro atoms. The lowest BCUT2D eigenvalue weighted by Crippen LogP contribution is -2.28. The SMILES string of the molecule is CCOC(=O)c1cn(C(C)C(C)c2cncc(N3C[C@H]4C[C@H]4C3=O)c2)nn1. The summed E-state index contributed by atoms with van der Waals surface area (Å²) in [5, 5.41) is 7.98. The summed E-state index contributed by atoms with van der Waals surface area (Å²) in [5.41, 5.74) is 2.07. The van der Waals surface area contributed by atoms with E-state index in [0.29, 0.717) is 12.5 Å². The summed E-state index contributed by atoms with van der Waals surface area (Å²) in [6.07, 6.45) is 6.20. The van der Waals surface area contributed by atoms with Crippen LogP contribution in [0.5, 0.6) is 0 Å². The molecule has 1 saturated heterocycles. The number of aromatic nitrogens is 4. The summed E-state index contributed by atoms with van der Waals surface area (Å²) < 4.78 is 6.63. The first-order chi connectivity index (χ1) is 13.0. The summed E-state index contributed by atoms with van der Waals surface area (Å²) in [6, 6.07) is 1.99. The minimum Gasteiger partial charge on any atom is -0.461 e. The molecule has 1 saturated carbocycles. The number of ether oxygens (including phenoxy) is 1. The number of nitrogens with zero attached hydrogens (tertiary/aromatic N) is 5. The summed E-state index contributed by atoms with van der Waals surface area (Å²) in [6.45, 7) is 6.93. The first-order valence-electron chi connectivity index (χ1n) is 9.34. The van der Waals surface area contributed by atoms with Crippen LogP contribution in [0.25, 0.3) is 0 Å². The Bertz CT molecular complexity index is 880. The number of piperidine rings is 1. The van der Waals surface area contributed by atoms with Crippen molar-refractivity contribution >= 4 is 17.6 Å². The van der Waals surface area contributed by atoms with E-state index in [1.54, 1.807) is 24.0 Å². The summed E-state index contributed by atoms with van der Waals surface area (Å²) in [5.74, 6) is 0.560. The fourth-order valence-corrected chi connectivity index (χ4v) is 3.63. The van der Waals surface area contributed by atoms with Gasteiger partial charge >= 0.3 is 5.97 Å². The van der Waals surface area contributed by atoms with Gasteiger partial charge in [-0.15, -0.1) is 5.10 Å². The Kier molecular flexibility index (Phi) is 4.41. The van der Waals surface area contributed by atoms with Gasteiger partial charge in [-0.2, -0.15) is 0 Å². The van der Waals surface area contributed by atoms with Crippen LogP contribution < -0.4 is 4.90 Å². The summed E-state index contributed by atoms with van der Waals surface area (Å²) in [7, 11) is 0. The zero-order chi connectivity index (χ0) is 19.1. The number of anilines is 1. The maximum Gasteiger partial charge on any atom is 0.360 e. The number of fused-ring (bicyclic) bond motifs is 1. The number of rotatable bonds is 6. The van der Waals surface area contributed by atoms with Crippen molar-refractivity contribution in [2.45, 2.75) is 39.2 Å². The second-order valence-electron chi connectivity index (χ2n) is 7.36. The lowest BCUT2D eigenvalue weighted by molar-refractivity contribution is -0.118.